The molecule has 0 fully saturated rings. The van der Waals surface area contributed by atoms with Crippen LogP contribution in [0.15, 0.2) is 0 Å². The lowest BCUT2D eigenvalue weighted by atomic mass is 10.1. The van der Waals surface area contributed by atoms with Crippen LogP contribution in [0.3, 0.4) is 0 Å². The molecule has 0 aromatic carbocycles. The largest absolute Gasteiger partial charge is 0.464 e. The Hall–Kier alpha value is -1.79. The van der Waals surface area contributed by atoms with Gasteiger partial charge in [0.1, 0.15) is 13.1 Å². The van der Waals surface area contributed by atoms with Gasteiger partial charge in [0.2, 0.25) is 5.91 Å². The summed E-state index contributed by atoms with van der Waals surface area (Å²) < 4.78 is 9.65. The number of hydrogen-bond donors (Lipinski definition) is 0. The number of esters is 1. The third kappa shape index (κ3) is 12.3. The minimum absolute atomic E-state index is 0.120. The van der Waals surface area contributed by atoms with Gasteiger partial charge in [-0.2, -0.15) is 0 Å². The van der Waals surface area contributed by atoms with Gasteiger partial charge in [-0.05, 0) is 6.42 Å². The van der Waals surface area contributed by atoms with Crippen LogP contribution in [0.4, 0.5) is 4.79 Å². The van der Waals surface area contributed by atoms with Gasteiger partial charge in [0.15, 0.2) is 0 Å². The second kappa shape index (κ2) is 14.5. The summed E-state index contributed by atoms with van der Waals surface area (Å²) in [7, 11) is 4.21. The summed E-state index contributed by atoms with van der Waals surface area (Å²) in [5.41, 5.74) is 0. The fourth-order valence-corrected chi connectivity index (χ4v) is 2.29. The highest BCUT2D eigenvalue weighted by Crippen LogP contribution is 2.08. The van der Waals surface area contributed by atoms with Gasteiger partial charge in [0.05, 0.1) is 13.7 Å². The van der Waals surface area contributed by atoms with Gasteiger partial charge in [0, 0.05) is 14.1 Å². The Morgan fingerprint density at radius 2 is 1.36 bits per heavy atom. The van der Waals surface area contributed by atoms with Crippen molar-refractivity contribution in [3.63, 3.8) is 0 Å². The van der Waals surface area contributed by atoms with E-state index in [1.165, 1.54) is 64.6 Å². The third-order valence-electron chi connectivity index (χ3n) is 3.91. The van der Waals surface area contributed by atoms with Crippen LogP contribution in [0.5, 0.6) is 0 Å². The summed E-state index contributed by atoms with van der Waals surface area (Å²) in [4.78, 5) is 37.2. The second-order valence-corrected chi connectivity index (χ2v) is 6.27. The zero-order valence-electron chi connectivity index (χ0n) is 16.2. The van der Waals surface area contributed by atoms with Crippen molar-refractivity contribution in [2.24, 2.45) is 0 Å². The van der Waals surface area contributed by atoms with E-state index in [-0.39, 0.29) is 19.0 Å². The van der Waals surface area contributed by atoms with Crippen LogP contribution in [0.2, 0.25) is 0 Å². The zero-order valence-corrected chi connectivity index (χ0v) is 16.2. The Morgan fingerprint density at radius 3 is 1.92 bits per heavy atom. The molecule has 0 aliphatic rings. The number of likely N-dealkylation sites (N-methyl/N-ethyl adjacent to an activating group) is 2. The van der Waals surface area contributed by atoms with Crippen LogP contribution >= 0.6 is 0 Å². The average Bonchev–Trinajstić information content (AvgIpc) is 2.59. The number of methoxy groups -OCH3 is 1. The smallest absolute Gasteiger partial charge is 0.409 e. The standard InChI is InChI=1S/C18H34N2O5/c1-5-6-7-8-9-10-11-12-13-25-17(22)15-19(2)16(21)14-20(3)18(23)24-4/h5-15H2,1-4H3. The van der Waals surface area contributed by atoms with Crippen LogP contribution in [0.25, 0.3) is 0 Å². The maximum atomic E-state index is 11.9. The first kappa shape index (κ1) is 23.2. The number of hydrogen-bond acceptors (Lipinski definition) is 5. The molecule has 0 radical (unpaired) electrons. The molecule has 0 unspecified atom stereocenters. The number of amides is 2. The normalized spacial score (nSPS) is 10.2. The Labute approximate surface area is 151 Å². The Balaban J connectivity index is 3.73. The van der Waals surface area contributed by atoms with Gasteiger partial charge in [-0.25, -0.2) is 4.79 Å². The predicted octanol–water partition coefficient (Wildman–Crippen LogP) is 2.83. The van der Waals surface area contributed by atoms with Crippen LogP contribution < -0.4 is 0 Å². The molecule has 0 atom stereocenters. The average molecular weight is 358 g/mol. The number of carbonyl (C=O) groups is 3. The molecule has 7 heteroatoms. The van der Waals surface area contributed by atoms with Crippen LogP contribution in [0.1, 0.15) is 58.3 Å². The van der Waals surface area contributed by atoms with Gasteiger partial charge in [-0.1, -0.05) is 51.9 Å². The number of ether oxygens (including phenoxy) is 2. The fraction of sp³-hybridized carbons (Fsp3) is 0.833. The molecule has 0 heterocycles. The summed E-state index contributed by atoms with van der Waals surface area (Å²) in [6.45, 7) is 2.33. The summed E-state index contributed by atoms with van der Waals surface area (Å²) in [5.74, 6) is -0.781. The first-order valence-electron chi connectivity index (χ1n) is 9.11. The molecule has 0 bridgehead atoms. The molecular weight excluding hydrogens is 324 g/mol. The van der Waals surface area contributed by atoms with Gasteiger partial charge < -0.3 is 19.3 Å². The molecule has 0 saturated carbocycles. The molecule has 0 rings (SSSR count). The van der Waals surface area contributed by atoms with E-state index < -0.39 is 12.1 Å². The van der Waals surface area contributed by atoms with Gasteiger partial charge in [-0.3, -0.25) is 9.59 Å². The summed E-state index contributed by atoms with van der Waals surface area (Å²) in [5, 5.41) is 0. The van der Waals surface area contributed by atoms with E-state index in [0.29, 0.717) is 6.61 Å². The van der Waals surface area contributed by atoms with Crippen LogP contribution in [-0.4, -0.2) is 68.7 Å². The molecule has 25 heavy (non-hydrogen) atoms. The van der Waals surface area contributed by atoms with Crippen molar-refractivity contribution >= 4 is 18.0 Å². The van der Waals surface area contributed by atoms with Crippen molar-refractivity contribution in [3.8, 4) is 0 Å². The minimum Gasteiger partial charge on any atom is -0.464 e. The molecule has 0 aromatic heterocycles. The van der Waals surface area contributed by atoms with E-state index in [1.807, 2.05) is 0 Å². The lowest BCUT2D eigenvalue weighted by molar-refractivity contribution is -0.148. The van der Waals surface area contributed by atoms with E-state index >= 15 is 0 Å². The summed E-state index contributed by atoms with van der Waals surface area (Å²) in [6, 6.07) is 0. The topological polar surface area (TPSA) is 76.2 Å². The highest BCUT2D eigenvalue weighted by atomic mass is 16.5. The number of unbranched alkanes of at least 4 members (excludes halogenated alkanes) is 7. The lowest BCUT2D eigenvalue weighted by Gasteiger charge is -2.20. The predicted molar refractivity (Wildman–Crippen MR) is 96.2 cm³/mol. The monoisotopic (exact) mass is 358 g/mol. The summed E-state index contributed by atoms with van der Waals surface area (Å²) >= 11 is 0. The van der Waals surface area contributed by atoms with Crippen LogP contribution in [-0.2, 0) is 19.1 Å². The molecule has 146 valence electrons. The van der Waals surface area contributed by atoms with Gasteiger partial charge in [-0.15, -0.1) is 0 Å². The number of carbonyl (C=O) groups excluding carboxylic acids is 3. The maximum absolute atomic E-state index is 11.9. The second-order valence-electron chi connectivity index (χ2n) is 6.27. The Morgan fingerprint density at radius 1 is 0.800 bits per heavy atom. The van der Waals surface area contributed by atoms with E-state index in [1.54, 1.807) is 0 Å². The van der Waals surface area contributed by atoms with Crippen molar-refractivity contribution in [2.45, 2.75) is 58.3 Å². The molecular formula is C18H34N2O5. The molecule has 0 spiro atoms. The van der Waals surface area contributed by atoms with Crippen molar-refractivity contribution in [1.29, 1.82) is 0 Å². The number of rotatable bonds is 13. The first-order chi connectivity index (χ1) is 11.9. The van der Waals surface area contributed by atoms with E-state index in [2.05, 4.69) is 11.7 Å². The maximum Gasteiger partial charge on any atom is 0.409 e. The molecule has 0 N–H and O–H groups in total. The molecule has 0 saturated heterocycles. The van der Waals surface area contributed by atoms with Crippen LogP contribution in [0, 0.1) is 0 Å². The van der Waals surface area contributed by atoms with Crippen molar-refractivity contribution in [3.05, 3.63) is 0 Å². The van der Waals surface area contributed by atoms with Crippen molar-refractivity contribution < 1.29 is 23.9 Å². The molecule has 0 aromatic rings. The van der Waals surface area contributed by atoms with Gasteiger partial charge >= 0.3 is 12.1 Å². The Kier molecular flexibility index (Phi) is 13.5. The fourth-order valence-electron chi connectivity index (χ4n) is 2.29. The molecule has 7 nitrogen and oxygen atoms in total. The molecule has 2 amide bonds. The van der Waals surface area contributed by atoms with Crippen molar-refractivity contribution in [2.75, 3.05) is 40.9 Å². The third-order valence-corrected chi connectivity index (χ3v) is 3.91. The minimum atomic E-state index is -0.598. The van der Waals surface area contributed by atoms with E-state index in [9.17, 15) is 14.4 Å². The highest BCUT2D eigenvalue weighted by molar-refractivity contribution is 5.85. The highest BCUT2D eigenvalue weighted by Gasteiger charge is 2.18. The number of nitrogens with zero attached hydrogens (tertiary/aromatic N) is 2. The van der Waals surface area contributed by atoms with Gasteiger partial charge in [0.25, 0.3) is 0 Å². The quantitative estimate of drug-likeness (QED) is 0.374. The molecule has 0 aliphatic heterocycles. The summed E-state index contributed by atoms with van der Waals surface area (Å²) in [6.07, 6.45) is 8.85. The lowest BCUT2D eigenvalue weighted by Crippen LogP contribution is -2.41. The van der Waals surface area contributed by atoms with E-state index in [4.69, 9.17) is 4.74 Å². The zero-order chi connectivity index (χ0) is 19.1. The first-order valence-corrected chi connectivity index (χ1v) is 9.11. The SMILES string of the molecule is CCCCCCCCCCOC(=O)CN(C)C(=O)CN(C)C(=O)OC. The molecule has 0 aliphatic carbocycles. The van der Waals surface area contributed by atoms with Crippen molar-refractivity contribution in [1.82, 2.24) is 9.80 Å². The van der Waals surface area contributed by atoms with E-state index in [0.717, 1.165) is 17.7 Å². The Bertz CT molecular complexity index is 401.